The second kappa shape index (κ2) is 3.03. The van der Waals surface area contributed by atoms with Crippen LogP contribution in [0.1, 0.15) is 0 Å². The van der Waals surface area contributed by atoms with E-state index in [2.05, 4.69) is 0 Å². The minimum atomic E-state index is -0.998. The van der Waals surface area contributed by atoms with Gasteiger partial charge in [0, 0.05) is 0 Å². The second-order valence-electron chi connectivity index (χ2n) is 0.805. The van der Waals surface area contributed by atoms with E-state index in [9.17, 15) is 9.90 Å². The molecule has 0 heterocycles. The highest BCUT2D eigenvalue weighted by atomic mass is 32.2. The van der Waals surface area contributed by atoms with Gasteiger partial charge in [0.1, 0.15) is 0 Å². The molecule has 0 N–H and O–H groups in total. The second-order valence-corrected chi connectivity index (χ2v) is 1.67. The maximum Gasteiger partial charge on any atom is 0.365 e. The highest BCUT2D eigenvalue weighted by Crippen LogP contribution is 1.87. The highest BCUT2D eigenvalue weighted by molar-refractivity contribution is 7.99. The molecule has 0 bridgehead atoms. The van der Waals surface area contributed by atoms with Crippen molar-refractivity contribution in [3.8, 4) is 0 Å². The van der Waals surface area contributed by atoms with E-state index in [1.54, 1.807) is 6.26 Å². The molecule has 0 rings (SSSR count). The Bertz CT molecular complexity index is 52.8. The van der Waals surface area contributed by atoms with Crippen LogP contribution in [0.15, 0.2) is 0 Å². The van der Waals surface area contributed by atoms with Crippen LogP contribution in [0.5, 0.6) is 0 Å². The third-order valence-corrected chi connectivity index (χ3v) is 0.787. The minimum absolute atomic E-state index is 0.0972. The summed E-state index contributed by atoms with van der Waals surface area (Å²) in [5.74, 6) is -0.900. The predicted octanol–water partition coefficient (Wildman–Crippen LogP) is 0.306. The lowest BCUT2D eigenvalue weighted by Gasteiger charge is -1.76. The molecule has 1 radical (unpaired) electrons. The summed E-state index contributed by atoms with van der Waals surface area (Å²) in [4.78, 5) is 9.47. The van der Waals surface area contributed by atoms with Gasteiger partial charge in [0.05, 0.1) is 5.75 Å². The van der Waals surface area contributed by atoms with E-state index in [4.69, 9.17) is 0 Å². The maximum absolute atomic E-state index is 9.47. The number of hydrogen-bond acceptors (Lipinski definition) is 2. The first-order chi connectivity index (χ1) is 2.77. The van der Waals surface area contributed by atoms with Crippen molar-refractivity contribution in [1.29, 1.82) is 0 Å². The molecule has 0 fully saturated rings. The molecule has 0 aromatic heterocycles. The van der Waals surface area contributed by atoms with Crippen molar-refractivity contribution < 1.29 is 9.90 Å². The third kappa shape index (κ3) is 3.82. The van der Waals surface area contributed by atoms with Crippen LogP contribution >= 0.6 is 11.8 Å². The molecular formula is C3H5O2S. The van der Waals surface area contributed by atoms with Crippen molar-refractivity contribution in [2.75, 3.05) is 12.0 Å². The lowest BCUT2D eigenvalue weighted by Crippen LogP contribution is -1.93. The molecule has 2 nitrogen and oxygen atoms in total. The standard InChI is InChI=1S/C3H5O2S/c1-6-2-3(4)5/h2H2,1H3. The van der Waals surface area contributed by atoms with Gasteiger partial charge in [-0.3, -0.25) is 0 Å². The molecule has 0 atom stereocenters. The Morgan fingerprint density at radius 2 is 2.33 bits per heavy atom. The summed E-state index contributed by atoms with van der Waals surface area (Å²) in [7, 11) is 0. The fraction of sp³-hybridized carbons (Fsp3) is 0.667. The number of carbonyl (C=O) groups excluding carboxylic acids is 1. The first kappa shape index (κ1) is 5.82. The Balaban J connectivity index is 2.83. The van der Waals surface area contributed by atoms with Gasteiger partial charge < -0.3 is 0 Å². The third-order valence-electron chi connectivity index (χ3n) is 0.262. The van der Waals surface area contributed by atoms with Crippen LogP contribution in [-0.4, -0.2) is 18.0 Å². The van der Waals surface area contributed by atoms with E-state index in [-0.39, 0.29) is 5.75 Å². The van der Waals surface area contributed by atoms with Gasteiger partial charge in [-0.05, 0) is 6.26 Å². The molecule has 0 amide bonds. The Morgan fingerprint density at radius 3 is 2.33 bits per heavy atom. The molecule has 0 unspecified atom stereocenters. The molecule has 0 saturated heterocycles. The normalized spacial score (nSPS) is 8.17. The quantitative estimate of drug-likeness (QED) is 0.506. The summed E-state index contributed by atoms with van der Waals surface area (Å²) in [6, 6.07) is 0. The predicted molar refractivity (Wildman–Crippen MR) is 24.1 cm³/mol. The molecule has 35 valence electrons. The fourth-order valence-corrected chi connectivity index (χ4v) is 0.354. The first-order valence-corrected chi connectivity index (χ1v) is 2.85. The molecular weight excluding hydrogens is 100 g/mol. The Hall–Kier alpha value is -0.180. The van der Waals surface area contributed by atoms with Crippen molar-refractivity contribution in [2.45, 2.75) is 0 Å². The zero-order chi connectivity index (χ0) is 4.99. The summed E-state index contributed by atoms with van der Waals surface area (Å²) >= 11 is 1.25. The number of thioether (sulfide) groups is 1. The van der Waals surface area contributed by atoms with Crippen LogP contribution in [-0.2, 0) is 9.90 Å². The van der Waals surface area contributed by atoms with Crippen LogP contribution in [0.3, 0.4) is 0 Å². The van der Waals surface area contributed by atoms with Crippen molar-refractivity contribution in [1.82, 2.24) is 0 Å². The van der Waals surface area contributed by atoms with Crippen molar-refractivity contribution in [2.24, 2.45) is 0 Å². The SMILES string of the molecule is CSCC([O])=O. The summed E-state index contributed by atoms with van der Waals surface area (Å²) in [6.45, 7) is 0. The average Bonchev–Trinajstić information content (AvgIpc) is 1.35. The van der Waals surface area contributed by atoms with Crippen LogP contribution in [0.2, 0.25) is 0 Å². The van der Waals surface area contributed by atoms with Gasteiger partial charge >= 0.3 is 5.97 Å². The Labute approximate surface area is 40.5 Å². The lowest BCUT2D eigenvalue weighted by molar-refractivity contribution is -0.139. The molecule has 0 aromatic rings. The van der Waals surface area contributed by atoms with E-state index in [0.717, 1.165) is 0 Å². The summed E-state index contributed by atoms with van der Waals surface area (Å²) in [5.41, 5.74) is 0. The number of carbonyl (C=O) groups is 1. The molecule has 0 aliphatic heterocycles. The Kier molecular flexibility index (Phi) is 2.94. The largest absolute Gasteiger partial charge is 0.365 e. The number of hydrogen-bond donors (Lipinski definition) is 0. The van der Waals surface area contributed by atoms with E-state index in [1.165, 1.54) is 11.8 Å². The summed E-state index contributed by atoms with van der Waals surface area (Å²) in [5, 5.41) is 9.47. The molecule has 0 aliphatic carbocycles. The topological polar surface area (TPSA) is 37.0 Å². The zero-order valence-corrected chi connectivity index (χ0v) is 4.25. The smallest absolute Gasteiger partial charge is 0.246 e. The molecule has 0 aromatic carbocycles. The number of rotatable bonds is 2. The average molecular weight is 105 g/mol. The molecule has 6 heavy (non-hydrogen) atoms. The fourth-order valence-electron chi connectivity index (χ4n) is 0.118. The van der Waals surface area contributed by atoms with Crippen LogP contribution < -0.4 is 0 Å². The minimum Gasteiger partial charge on any atom is -0.246 e. The van der Waals surface area contributed by atoms with E-state index < -0.39 is 5.97 Å². The summed E-state index contributed by atoms with van der Waals surface area (Å²) < 4.78 is 0. The van der Waals surface area contributed by atoms with E-state index in [0.29, 0.717) is 0 Å². The summed E-state index contributed by atoms with van der Waals surface area (Å²) in [6.07, 6.45) is 1.72. The van der Waals surface area contributed by atoms with Crippen LogP contribution in [0.4, 0.5) is 0 Å². The van der Waals surface area contributed by atoms with Gasteiger partial charge in [-0.1, -0.05) is 0 Å². The monoisotopic (exact) mass is 105 g/mol. The molecule has 0 aliphatic rings. The van der Waals surface area contributed by atoms with Crippen molar-refractivity contribution >= 4 is 17.7 Å². The van der Waals surface area contributed by atoms with Gasteiger partial charge in [-0.25, -0.2) is 9.90 Å². The van der Waals surface area contributed by atoms with Gasteiger partial charge in [0.15, 0.2) is 0 Å². The molecule has 0 spiro atoms. The van der Waals surface area contributed by atoms with Crippen molar-refractivity contribution in [3.63, 3.8) is 0 Å². The Morgan fingerprint density at radius 1 is 1.83 bits per heavy atom. The highest BCUT2D eigenvalue weighted by Gasteiger charge is 1.92. The van der Waals surface area contributed by atoms with Gasteiger partial charge in [0.2, 0.25) is 0 Å². The first-order valence-electron chi connectivity index (χ1n) is 1.46. The molecule has 0 saturated carbocycles. The lowest BCUT2D eigenvalue weighted by atomic mass is 10.8. The van der Waals surface area contributed by atoms with Gasteiger partial charge in [0.25, 0.3) is 0 Å². The molecule has 3 heteroatoms. The van der Waals surface area contributed by atoms with E-state index >= 15 is 0 Å². The zero-order valence-electron chi connectivity index (χ0n) is 3.43. The van der Waals surface area contributed by atoms with Crippen molar-refractivity contribution in [3.05, 3.63) is 0 Å². The van der Waals surface area contributed by atoms with Gasteiger partial charge in [-0.15, -0.1) is 0 Å². The van der Waals surface area contributed by atoms with Crippen LogP contribution in [0.25, 0.3) is 0 Å². The van der Waals surface area contributed by atoms with Crippen LogP contribution in [0, 0.1) is 0 Å². The maximum atomic E-state index is 9.47. The van der Waals surface area contributed by atoms with Gasteiger partial charge in [-0.2, -0.15) is 11.8 Å². The van der Waals surface area contributed by atoms with E-state index in [1.807, 2.05) is 0 Å².